The number of fused-ring (bicyclic) bond motifs is 1. The van der Waals surface area contributed by atoms with Gasteiger partial charge in [0.1, 0.15) is 6.04 Å². The van der Waals surface area contributed by atoms with Crippen LogP contribution in [0.25, 0.3) is 0 Å². The number of nitrogens with zero attached hydrogens (tertiary/aromatic N) is 2. The van der Waals surface area contributed by atoms with Crippen LogP contribution in [0.4, 0.5) is 0 Å². The number of rotatable bonds is 4. The minimum atomic E-state index is -0.992. The second kappa shape index (κ2) is 13.3. The first-order valence-corrected chi connectivity index (χ1v) is 12.3. The molecule has 4 rings (SSSR count). The largest absolute Gasteiger partial charge is 0.377 e. The van der Waals surface area contributed by atoms with Gasteiger partial charge in [0, 0.05) is 19.5 Å². The molecule has 1 atom stereocenters. The summed E-state index contributed by atoms with van der Waals surface area (Å²) in [6.45, 7) is 3.80. The zero-order valence-electron chi connectivity index (χ0n) is 20.3. The maximum absolute atomic E-state index is 13.9. The van der Waals surface area contributed by atoms with Crippen molar-refractivity contribution in [3.05, 3.63) is 71.3 Å². The van der Waals surface area contributed by atoms with Crippen LogP contribution in [0.3, 0.4) is 0 Å². The van der Waals surface area contributed by atoms with Crippen LogP contribution < -0.4 is 0 Å². The maximum atomic E-state index is 13.9. The van der Waals surface area contributed by atoms with Crippen molar-refractivity contribution < 1.29 is 33.3 Å². The van der Waals surface area contributed by atoms with Crippen molar-refractivity contribution in [2.24, 2.45) is 0 Å². The van der Waals surface area contributed by atoms with Gasteiger partial charge in [-0.2, -0.15) is 0 Å². The van der Waals surface area contributed by atoms with Gasteiger partial charge in [0.25, 0.3) is 11.8 Å². The number of ether oxygens (including phenoxy) is 4. The van der Waals surface area contributed by atoms with E-state index in [1.54, 1.807) is 29.2 Å². The number of carbonyl (C=O) groups excluding carboxylic acids is 3. The Kier molecular flexibility index (Phi) is 9.57. The molecule has 1 saturated heterocycles. The second-order valence-electron chi connectivity index (χ2n) is 8.51. The van der Waals surface area contributed by atoms with Gasteiger partial charge in [-0.15, -0.1) is 0 Å². The Balaban J connectivity index is 1.55. The molecule has 9 nitrogen and oxygen atoms in total. The van der Waals surface area contributed by atoms with Crippen molar-refractivity contribution in [3.63, 3.8) is 0 Å². The predicted molar refractivity (Wildman–Crippen MR) is 131 cm³/mol. The summed E-state index contributed by atoms with van der Waals surface area (Å²) in [6.07, 6.45) is 0.213. The van der Waals surface area contributed by atoms with E-state index in [4.69, 9.17) is 18.9 Å². The van der Waals surface area contributed by atoms with Crippen LogP contribution in [0, 0.1) is 0 Å². The van der Waals surface area contributed by atoms with E-state index in [2.05, 4.69) is 0 Å². The highest BCUT2D eigenvalue weighted by atomic mass is 16.6. The Hall–Kier alpha value is -3.11. The highest BCUT2D eigenvalue weighted by Crippen LogP contribution is 2.27. The first-order chi connectivity index (χ1) is 17.7. The van der Waals surface area contributed by atoms with Gasteiger partial charge >= 0.3 is 0 Å². The minimum Gasteiger partial charge on any atom is -0.377 e. The molecule has 0 N–H and O–H groups in total. The number of hydrogen-bond acceptors (Lipinski definition) is 7. The molecule has 0 spiro atoms. The summed E-state index contributed by atoms with van der Waals surface area (Å²) >= 11 is 0. The quantitative estimate of drug-likeness (QED) is 0.596. The maximum Gasteiger partial charge on any atom is 0.262 e. The van der Waals surface area contributed by atoms with Gasteiger partial charge in [-0.05, 0) is 17.7 Å². The monoisotopic (exact) mass is 496 g/mol. The van der Waals surface area contributed by atoms with E-state index in [0.29, 0.717) is 77.1 Å². The first kappa shape index (κ1) is 26.0. The molecule has 0 bridgehead atoms. The average molecular weight is 497 g/mol. The summed E-state index contributed by atoms with van der Waals surface area (Å²) in [6, 6.07) is 15.1. The molecule has 1 fully saturated rings. The fourth-order valence-electron chi connectivity index (χ4n) is 4.27. The molecule has 3 amide bonds. The fourth-order valence-corrected chi connectivity index (χ4v) is 4.27. The number of benzene rings is 2. The number of hydrogen-bond donors (Lipinski definition) is 0. The van der Waals surface area contributed by atoms with Gasteiger partial charge in [-0.3, -0.25) is 19.3 Å². The molecule has 2 aliphatic rings. The van der Waals surface area contributed by atoms with Gasteiger partial charge < -0.3 is 23.8 Å². The molecule has 1 unspecified atom stereocenters. The molecule has 192 valence electrons. The summed E-state index contributed by atoms with van der Waals surface area (Å²) in [5.74, 6) is -1.23. The third-order valence-corrected chi connectivity index (χ3v) is 6.13. The van der Waals surface area contributed by atoms with Crippen molar-refractivity contribution in [3.8, 4) is 0 Å². The van der Waals surface area contributed by atoms with Crippen LogP contribution in [0.15, 0.2) is 54.6 Å². The lowest BCUT2D eigenvalue weighted by atomic mass is 10.0. The zero-order chi connectivity index (χ0) is 25.2. The van der Waals surface area contributed by atoms with E-state index in [1.165, 1.54) is 0 Å². The lowest BCUT2D eigenvalue weighted by Crippen LogP contribution is -2.53. The average Bonchev–Trinajstić information content (AvgIpc) is 3.15. The topological polar surface area (TPSA) is 94.6 Å². The lowest BCUT2D eigenvalue weighted by molar-refractivity contribution is -0.137. The highest BCUT2D eigenvalue weighted by Gasteiger charge is 2.43. The third-order valence-electron chi connectivity index (χ3n) is 6.13. The molecule has 2 aliphatic heterocycles. The van der Waals surface area contributed by atoms with Crippen molar-refractivity contribution >= 4 is 17.7 Å². The van der Waals surface area contributed by atoms with E-state index >= 15 is 0 Å². The van der Waals surface area contributed by atoms with Crippen LogP contribution in [-0.2, 0) is 30.2 Å². The van der Waals surface area contributed by atoms with Crippen LogP contribution in [0.1, 0.15) is 26.3 Å². The standard InChI is InChI=1S/C27H32N2O7/c30-25-22-8-4-5-9-23(22)26(31)29(25)24(20-21-6-2-1-3-7-21)27(32)28-10-12-33-14-16-35-18-19-36-17-15-34-13-11-28/h1-9,24H,10-20H2. The molecule has 9 heteroatoms. The van der Waals surface area contributed by atoms with Gasteiger partial charge in [-0.1, -0.05) is 42.5 Å². The van der Waals surface area contributed by atoms with Gasteiger partial charge in [-0.25, -0.2) is 0 Å². The minimum absolute atomic E-state index is 0.213. The van der Waals surface area contributed by atoms with Gasteiger partial charge in [0.15, 0.2) is 0 Å². The van der Waals surface area contributed by atoms with Crippen LogP contribution in [0.2, 0.25) is 0 Å². The second-order valence-corrected chi connectivity index (χ2v) is 8.51. The van der Waals surface area contributed by atoms with Gasteiger partial charge in [0.05, 0.1) is 64.0 Å². The Morgan fingerprint density at radius 2 is 1.11 bits per heavy atom. The molecular weight excluding hydrogens is 464 g/mol. The molecule has 0 saturated carbocycles. The van der Waals surface area contributed by atoms with E-state index in [1.807, 2.05) is 30.3 Å². The van der Waals surface area contributed by atoms with Crippen molar-refractivity contribution in [1.82, 2.24) is 9.80 Å². The molecule has 2 heterocycles. The van der Waals surface area contributed by atoms with E-state index in [9.17, 15) is 14.4 Å². The summed E-state index contributed by atoms with van der Waals surface area (Å²) in [7, 11) is 0. The van der Waals surface area contributed by atoms with E-state index in [-0.39, 0.29) is 12.3 Å². The fraction of sp³-hybridized carbons (Fsp3) is 0.444. The number of imide groups is 1. The summed E-state index contributed by atoms with van der Waals surface area (Å²) < 4.78 is 22.2. The lowest BCUT2D eigenvalue weighted by Gasteiger charge is -2.31. The normalized spacial score (nSPS) is 19.3. The van der Waals surface area contributed by atoms with Crippen molar-refractivity contribution in [2.75, 3.05) is 65.9 Å². The Morgan fingerprint density at radius 3 is 1.61 bits per heavy atom. The number of amides is 3. The van der Waals surface area contributed by atoms with E-state index < -0.39 is 17.9 Å². The smallest absolute Gasteiger partial charge is 0.262 e. The molecule has 36 heavy (non-hydrogen) atoms. The Labute approximate surface area is 210 Å². The molecular formula is C27H32N2O7. The van der Waals surface area contributed by atoms with Gasteiger partial charge in [0.2, 0.25) is 5.91 Å². The molecule has 0 aliphatic carbocycles. The number of carbonyl (C=O) groups is 3. The zero-order valence-corrected chi connectivity index (χ0v) is 20.3. The predicted octanol–water partition coefficient (Wildman–Crippen LogP) is 1.80. The van der Waals surface area contributed by atoms with Crippen LogP contribution >= 0.6 is 0 Å². The summed E-state index contributed by atoms with van der Waals surface area (Å²) in [5, 5.41) is 0. The van der Waals surface area contributed by atoms with Crippen molar-refractivity contribution in [2.45, 2.75) is 12.5 Å². The third kappa shape index (κ3) is 6.55. The first-order valence-electron chi connectivity index (χ1n) is 12.3. The highest BCUT2D eigenvalue weighted by molar-refractivity contribution is 6.22. The van der Waals surface area contributed by atoms with Crippen LogP contribution in [-0.4, -0.2) is 99.5 Å². The Morgan fingerprint density at radius 1 is 0.667 bits per heavy atom. The molecule has 0 radical (unpaired) electrons. The Bertz CT molecular complexity index is 979. The van der Waals surface area contributed by atoms with Crippen LogP contribution in [0.5, 0.6) is 0 Å². The SMILES string of the molecule is O=C(C(Cc1ccccc1)N1C(=O)c2ccccc2C1=O)N1CCOCCOCCOCCOCC1. The molecule has 2 aromatic carbocycles. The molecule has 0 aromatic heterocycles. The summed E-state index contributed by atoms with van der Waals surface area (Å²) in [4.78, 5) is 43.3. The summed E-state index contributed by atoms with van der Waals surface area (Å²) in [5.41, 5.74) is 1.49. The van der Waals surface area contributed by atoms with E-state index in [0.717, 1.165) is 10.5 Å². The van der Waals surface area contributed by atoms with Crippen molar-refractivity contribution in [1.29, 1.82) is 0 Å². The molecule has 2 aromatic rings.